The van der Waals surface area contributed by atoms with Crippen LogP contribution in [0.3, 0.4) is 0 Å². The number of nitrogens with zero attached hydrogens (tertiary/aromatic N) is 1. The summed E-state index contributed by atoms with van der Waals surface area (Å²) >= 11 is 0. The van der Waals surface area contributed by atoms with Gasteiger partial charge in [-0.2, -0.15) is 0 Å². The van der Waals surface area contributed by atoms with Gasteiger partial charge in [0, 0.05) is 12.1 Å². The summed E-state index contributed by atoms with van der Waals surface area (Å²) in [6, 6.07) is 12.1. The van der Waals surface area contributed by atoms with Crippen molar-refractivity contribution in [2.24, 2.45) is 0 Å². The molecule has 0 saturated heterocycles. The molecule has 1 aromatic carbocycles. The first-order chi connectivity index (χ1) is 10.6. The lowest BCUT2D eigenvalue weighted by Gasteiger charge is -2.15. The molecule has 1 aromatic heterocycles. The van der Waals surface area contributed by atoms with E-state index in [2.05, 4.69) is 45.0 Å². The number of aliphatic hydroxyl groups is 1. The van der Waals surface area contributed by atoms with Crippen LogP contribution in [0.1, 0.15) is 50.7 Å². The number of pyridine rings is 1. The predicted molar refractivity (Wildman–Crippen MR) is 91.1 cm³/mol. The minimum Gasteiger partial charge on any atom is -0.391 e. The first kappa shape index (κ1) is 16.5. The Labute approximate surface area is 132 Å². The second-order valence-electron chi connectivity index (χ2n) is 5.99. The van der Waals surface area contributed by atoms with Crippen molar-refractivity contribution in [1.82, 2.24) is 4.57 Å². The second-order valence-corrected chi connectivity index (χ2v) is 5.99. The molecular formula is C19H25NO2. The summed E-state index contributed by atoms with van der Waals surface area (Å²) in [7, 11) is 0. The molecule has 1 heterocycles. The van der Waals surface area contributed by atoms with Crippen molar-refractivity contribution < 1.29 is 5.11 Å². The van der Waals surface area contributed by atoms with Gasteiger partial charge in [0.1, 0.15) is 0 Å². The van der Waals surface area contributed by atoms with Crippen LogP contribution in [0, 0.1) is 0 Å². The van der Waals surface area contributed by atoms with Crippen LogP contribution in [-0.2, 0) is 13.2 Å². The van der Waals surface area contributed by atoms with Crippen LogP contribution in [0.5, 0.6) is 0 Å². The van der Waals surface area contributed by atoms with Crippen molar-refractivity contribution in [3.8, 4) is 11.3 Å². The van der Waals surface area contributed by atoms with Crippen LogP contribution < -0.4 is 5.56 Å². The highest BCUT2D eigenvalue weighted by Crippen LogP contribution is 2.22. The number of rotatable bonds is 6. The Bertz CT molecular complexity index is 669. The molecule has 0 spiro atoms. The zero-order valence-electron chi connectivity index (χ0n) is 13.7. The average molecular weight is 299 g/mol. The molecule has 0 aliphatic heterocycles. The lowest BCUT2D eigenvalue weighted by Crippen LogP contribution is -2.25. The molecule has 22 heavy (non-hydrogen) atoms. The van der Waals surface area contributed by atoms with E-state index in [9.17, 15) is 9.90 Å². The minimum atomic E-state index is -0.211. The van der Waals surface area contributed by atoms with Gasteiger partial charge in [-0.25, -0.2) is 0 Å². The Morgan fingerprint density at radius 2 is 1.77 bits per heavy atom. The maximum absolute atomic E-state index is 12.5. The van der Waals surface area contributed by atoms with E-state index in [1.807, 2.05) is 6.07 Å². The molecule has 0 amide bonds. The van der Waals surface area contributed by atoms with Gasteiger partial charge < -0.3 is 9.67 Å². The van der Waals surface area contributed by atoms with E-state index in [4.69, 9.17) is 0 Å². The van der Waals surface area contributed by atoms with E-state index in [-0.39, 0.29) is 12.2 Å². The quantitative estimate of drug-likeness (QED) is 0.878. The minimum absolute atomic E-state index is 0.0820. The van der Waals surface area contributed by atoms with Crippen molar-refractivity contribution >= 4 is 0 Å². The first-order valence-corrected chi connectivity index (χ1v) is 8.02. The molecule has 3 heteroatoms. The molecule has 2 aromatic rings. The smallest absolute Gasteiger partial charge is 0.256 e. The average Bonchev–Trinajstić information content (AvgIpc) is 2.53. The van der Waals surface area contributed by atoms with Crippen LogP contribution in [0.2, 0.25) is 0 Å². The van der Waals surface area contributed by atoms with Gasteiger partial charge in [-0.3, -0.25) is 4.79 Å². The van der Waals surface area contributed by atoms with Gasteiger partial charge in [0.05, 0.1) is 12.3 Å². The summed E-state index contributed by atoms with van der Waals surface area (Å²) < 4.78 is 1.79. The molecule has 0 unspecified atom stereocenters. The zero-order chi connectivity index (χ0) is 16.1. The summed E-state index contributed by atoms with van der Waals surface area (Å²) in [6.45, 7) is 6.92. The largest absolute Gasteiger partial charge is 0.391 e. The molecular weight excluding hydrogens is 274 g/mol. The fourth-order valence-electron chi connectivity index (χ4n) is 2.57. The number of unbranched alkanes of at least 4 members (excludes halogenated alkanes) is 1. The van der Waals surface area contributed by atoms with Gasteiger partial charge in [0.2, 0.25) is 0 Å². The SMILES string of the molecule is CCCCn1c(-c2ccc(C(C)C)cc2)ccc(CO)c1=O. The molecule has 0 aliphatic rings. The standard InChI is InChI=1S/C19H25NO2/c1-4-5-12-20-18(11-10-17(13-21)19(20)22)16-8-6-15(7-9-16)14(2)3/h6-11,14,21H,4-5,12-13H2,1-3H3. The molecule has 2 rings (SSSR count). The lowest BCUT2D eigenvalue weighted by molar-refractivity contribution is 0.279. The topological polar surface area (TPSA) is 42.2 Å². The lowest BCUT2D eigenvalue weighted by atomic mass is 10.0. The summed E-state index contributed by atoms with van der Waals surface area (Å²) in [4.78, 5) is 12.5. The van der Waals surface area contributed by atoms with Crippen LogP contribution >= 0.6 is 0 Å². The number of hydrogen-bond donors (Lipinski definition) is 1. The molecule has 0 aliphatic carbocycles. The van der Waals surface area contributed by atoms with E-state index >= 15 is 0 Å². The molecule has 0 radical (unpaired) electrons. The fourth-order valence-corrected chi connectivity index (χ4v) is 2.57. The highest BCUT2D eigenvalue weighted by molar-refractivity contribution is 5.60. The zero-order valence-corrected chi connectivity index (χ0v) is 13.7. The van der Waals surface area contributed by atoms with Crippen molar-refractivity contribution in [3.05, 3.63) is 57.9 Å². The number of aromatic nitrogens is 1. The molecule has 1 N–H and O–H groups in total. The van der Waals surface area contributed by atoms with E-state index in [1.165, 1.54) is 5.56 Å². The summed E-state index contributed by atoms with van der Waals surface area (Å²) in [5.74, 6) is 0.494. The van der Waals surface area contributed by atoms with E-state index in [1.54, 1.807) is 10.6 Å². The van der Waals surface area contributed by atoms with Gasteiger partial charge in [-0.05, 0) is 35.6 Å². The monoisotopic (exact) mass is 299 g/mol. The van der Waals surface area contributed by atoms with Crippen LogP contribution in [0.25, 0.3) is 11.3 Å². The van der Waals surface area contributed by atoms with E-state index < -0.39 is 0 Å². The van der Waals surface area contributed by atoms with Crippen LogP contribution in [0.15, 0.2) is 41.2 Å². The highest BCUT2D eigenvalue weighted by atomic mass is 16.3. The first-order valence-electron chi connectivity index (χ1n) is 8.02. The Morgan fingerprint density at radius 1 is 1.09 bits per heavy atom. The Hall–Kier alpha value is -1.87. The summed E-state index contributed by atoms with van der Waals surface area (Å²) in [5.41, 5.74) is 3.63. The molecule has 0 atom stereocenters. The van der Waals surface area contributed by atoms with Gasteiger partial charge >= 0.3 is 0 Å². The van der Waals surface area contributed by atoms with Gasteiger partial charge in [-0.1, -0.05) is 51.5 Å². The molecule has 0 saturated carbocycles. The third-order valence-electron chi connectivity index (χ3n) is 4.03. The van der Waals surface area contributed by atoms with E-state index in [0.29, 0.717) is 18.0 Å². The summed E-state index contributed by atoms with van der Waals surface area (Å²) in [5, 5.41) is 9.31. The van der Waals surface area contributed by atoms with Crippen molar-refractivity contribution in [2.45, 2.75) is 52.7 Å². The predicted octanol–water partition coefficient (Wildman–Crippen LogP) is 3.93. The number of aliphatic hydroxyl groups excluding tert-OH is 1. The van der Waals surface area contributed by atoms with Crippen molar-refractivity contribution in [2.75, 3.05) is 0 Å². The van der Waals surface area contributed by atoms with Crippen LogP contribution in [0.4, 0.5) is 0 Å². The molecule has 118 valence electrons. The van der Waals surface area contributed by atoms with E-state index in [0.717, 1.165) is 24.1 Å². The fraction of sp³-hybridized carbons (Fsp3) is 0.421. The highest BCUT2D eigenvalue weighted by Gasteiger charge is 2.10. The maximum atomic E-state index is 12.5. The number of benzene rings is 1. The Kier molecular flexibility index (Phi) is 5.56. The number of hydrogen-bond acceptors (Lipinski definition) is 2. The van der Waals surface area contributed by atoms with Crippen molar-refractivity contribution in [3.63, 3.8) is 0 Å². The summed E-state index contributed by atoms with van der Waals surface area (Å²) in [6.07, 6.45) is 1.98. The molecule has 0 fully saturated rings. The molecule has 3 nitrogen and oxygen atoms in total. The Morgan fingerprint density at radius 3 is 2.32 bits per heavy atom. The van der Waals surface area contributed by atoms with Crippen molar-refractivity contribution in [1.29, 1.82) is 0 Å². The van der Waals surface area contributed by atoms with Crippen LogP contribution in [-0.4, -0.2) is 9.67 Å². The Balaban J connectivity index is 2.49. The normalized spacial score (nSPS) is 11.1. The maximum Gasteiger partial charge on any atom is 0.256 e. The third kappa shape index (κ3) is 3.47. The third-order valence-corrected chi connectivity index (χ3v) is 4.03. The van der Waals surface area contributed by atoms with Gasteiger partial charge in [0.25, 0.3) is 5.56 Å². The molecule has 0 bridgehead atoms. The second kappa shape index (κ2) is 7.41. The van der Waals surface area contributed by atoms with Gasteiger partial charge in [-0.15, -0.1) is 0 Å². The van der Waals surface area contributed by atoms with Gasteiger partial charge in [0.15, 0.2) is 0 Å².